The van der Waals surface area contributed by atoms with E-state index < -0.39 is 21.5 Å². The van der Waals surface area contributed by atoms with Crippen molar-refractivity contribution in [1.82, 2.24) is 5.32 Å². The lowest BCUT2D eigenvalue weighted by Crippen LogP contribution is -2.23. The maximum Gasteiger partial charge on any atom is 0.344 e. The van der Waals surface area contributed by atoms with Crippen LogP contribution >= 0.6 is 15.2 Å². The first-order valence-electron chi connectivity index (χ1n) is 6.46. The number of rotatable bonds is 11. The van der Waals surface area contributed by atoms with Gasteiger partial charge in [-0.15, -0.1) is 0 Å². The summed E-state index contributed by atoms with van der Waals surface area (Å²) < 4.78 is 21.1. The van der Waals surface area contributed by atoms with E-state index in [0.29, 0.717) is 12.8 Å². The SMILES string of the molecule is O=C(CCCCCCCCP(=O)(O)O)NCP(=O)(O)O. The molecule has 10 heteroatoms. The zero-order valence-electron chi connectivity index (χ0n) is 11.3. The molecule has 0 aliphatic carbocycles. The summed E-state index contributed by atoms with van der Waals surface area (Å²) in [5, 5.41) is 2.16. The monoisotopic (exact) mass is 331 g/mol. The van der Waals surface area contributed by atoms with E-state index >= 15 is 0 Å². The molecule has 0 heterocycles. The average Bonchev–Trinajstić information content (AvgIpc) is 2.27. The van der Waals surface area contributed by atoms with Crippen LogP contribution in [0.4, 0.5) is 0 Å². The third-order valence-corrected chi connectivity index (χ3v) is 4.05. The van der Waals surface area contributed by atoms with Crippen LogP contribution in [0.3, 0.4) is 0 Å². The van der Waals surface area contributed by atoms with Crippen LogP contribution in [0.15, 0.2) is 0 Å². The molecule has 0 aromatic carbocycles. The zero-order valence-corrected chi connectivity index (χ0v) is 13.1. The minimum atomic E-state index is -4.19. The lowest BCUT2D eigenvalue weighted by molar-refractivity contribution is -0.120. The topological polar surface area (TPSA) is 144 Å². The van der Waals surface area contributed by atoms with Crippen LogP contribution in [0.1, 0.15) is 44.9 Å². The van der Waals surface area contributed by atoms with Crippen LogP contribution in [0, 0.1) is 0 Å². The van der Waals surface area contributed by atoms with Crippen LogP contribution in [-0.2, 0) is 13.9 Å². The number of hydrogen-bond acceptors (Lipinski definition) is 3. The number of hydrogen-bond donors (Lipinski definition) is 5. The molecule has 0 bridgehead atoms. The standard InChI is InChI=1S/C10H23NO7P2/c12-10(11-9-20(16,17)18)7-5-3-1-2-4-6-8-19(13,14)15/h1-9H2,(H,11,12)(H2,13,14,15)(H2,16,17,18). The van der Waals surface area contributed by atoms with E-state index in [1.54, 1.807) is 0 Å². The van der Waals surface area contributed by atoms with Crippen LogP contribution < -0.4 is 5.32 Å². The Kier molecular flexibility index (Phi) is 9.55. The second-order valence-electron chi connectivity index (χ2n) is 4.68. The van der Waals surface area contributed by atoms with E-state index in [0.717, 1.165) is 25.7 Å². The summed E-state index contributed by atoms with van der Waals surface area (Å²) in [6, 6.07) is 0. The molecule has 0 rings (SSSR count). The molecule has 1 amide bonds. The Morgan fingerprint density at radius 3 is 1.80 bits per heavy atom. The van der Waals surface area contributed by atoms with Crippen molar-refractivity contribution in [2.75, 3.05) is 12.4 Å². The Hall–Kier alpha value is -0.230. The molecular formula is C10H23NO7P2. The number of carbonyl (C=O) groups excluding carboxylic acids is 1. The van der Waals surface area contributed by atoms with Gasteiger partial charge in [-0.1, -0.05) is 25.7 Å². The summed E-state index contributed by atoms with van der Waals surface area (Å²) in [6.45, 7) is 0. The summed E-state index contributed by atoms with van der Waals surface area (Å²) in [5.74, 6) is -0.380. The Morgan fingerprint density at radius 1 is 0.800 bits per heavy atom. The van der Waals surface area contributed by atoms with Crippen molar-refractivity contribution < 1.29 is 33.5 Å². The van der Waals surface area contributed by atoms with Crippen molar-refractivity contribution in [3.63, 3.8) is 0 Å². The van der Waals surface area contributed by atoms with E-state index in [-0.39, 0.29) is 18.5 Å². The van der Waals surface area contributed by atoms with Crippen LogP contribution in [-0.4, -0.2) is 37.9 Å². The first-order chi connectivity index (χ1) is 9.10. The van der Waals surface area contributed by atoms with Gasteiger partial charge >= 0.3 is 15.2 Å². The molecule has 0 spiro atoms. The third-order valence-electron chi connectivity index (χ3n) is 2.59. The first-order valence-corrected chi connectivity index (χ1v) is 10.1. The van der Waals surface area contributed by atoms with Gasteiger partial charge in [-0.25, -0.2) is 0 Å². The molecule has 20 heavy (non-hydrogen) atoms. The van der Waals surface area contributed by atoms with Crippen LogP contribution in [0.2, 0.25) is 0 Å². The maximum atomic E-state index is 11.2. The molecule has 0 aliphatic heterocycles. The number of nitrogens with one attached hydrogen (secondary N) is 1. The maximum absolute atomic E-state index is 11.2. The highest BCUT2D eigenvalue weighted by Crippen LogP contribution is 2.35. The van der Waals surface area contributed by atoms with Gasteiger partial charge in [0.2, 0.25) is 5.91 Å². The first kappa shape index (κ1) is 19.8. The van der Waals surface area contributed by atoms with Gasteiger partial charge in [0.1, 0.15) is 6.29 Å². The minimum Gasteiger partial charge on any atom is -0.344 e. The summed E-state index contributed by atoms with van der Waals surface area (Å²) in [7, 11) is -8.06. The van der Waals surface area contributed by atoms with Crippen molar-refractivity contribution in [2.45, 2.75) is 44.9 Å². The van der Waals surface area contributed by atoms with E-state index in [4.69, 9.17) is 19.6 Å². The van der Waals surface area contributed by atoms with Crippen molar-refractivity contribution in [1.29, 1.82) is 0 Å². The molecule has 0 atom stereocenters. The normalized spacial score (nSPS) is 12.4. The van der Waals surface area contributed by atoms with Gasteiger partial charge < -0.3 is 24.9 Å². The zero-order chi connectivity index (χ0) is 15.6. The van der Waals surface area contributed by atoms with Gasteiger partial charge in [-0.05, 0) is 12.8 Å². The Labute approximate surface area is 118 Å². The smallest absolute Gasteiger partial charge is 0.344 e. The van der Waals surface area contributed by atoms with Gasteiger partial charge in [0.05, 0.1) is 0 Å². The molecule has 120 valence electrons. The molecule has 0 saturated carbocycles. The van der Waals surface area contributed by atoms with E-state index in [9.17, 15) is 13.9 Å². The fourth-order valence-electron chi connectivity index (χ4n) is 1.59. The average molecular weight is 331 g/mol. The Balaban J connectivity index is 3.38. The predicted molar refractivity (Wildman–Crippen MR) is 74.3 cm³/mol. The second kappa shape index (κ2) is 9.66. The Bertz CT molecular complexity index is 376. The highest BCUT2D eigenvalue weighted by atomic mass is 31.2. The lowest BCUT2D eigenvalue weighted by atomic mass is 10.1. The second-order valence-corrected chi connectivity index (χ2v) is 8.10. The number of amides is 1. The quantitative estimate of drug-likeness (QED) is 0.282. The molecule has 8 nitrogen and oxygen atoms in total. The van der Waals surface area contributed by atoms with Gasteiger partial charge in [-0.2, -0.15) is 0 Å². The molecule has 0 fully saturated rings. The molecule has 0 aromatic rings. The van der Waals surface area contributed by atoms with E-state index in [2.05, 4.69) is 5.32 Å². The predicted octanol–water partition coefficient (Wildman–Crippen LogP) is 1.15. The van der Waals surface area contributed by atoms with Crippen molar-refractivity contribution >= 4 is 21.1 Å². The van der Waals surface area contributed by atoms with Gasteiger partial charge in [0.25, 0.3) is 0 Å². The van der Waals surface area contributed by atoms with E-state index in [1.165, 1.54) is 0 Å². The molecule has 0 saturated heterocycles. The number of unbranched alkanes of at least 4 members (excludes halogenated alkanes) is 5. The van der Waals surface area contributed by atoms with Gasteiger partial charge in [0, 0.05) is 12.6 Å². The molecule has 0 aliphatic rings. The highest BCUT2D eigenvalue weighted by molar-refractivity contribution is 7.51. The van der Waals surface area contributed by atoms with E-state index in [1.807, 2.05) is 0 Å². The fourth-order valence-corrected chi connectivity index (χ4v) is 2.61. The molecule has 0 aromatic heterocycles. The van der Waals surface area contributed by atoms with Gasteiger partial charge in [0.15, 0.2) is 0 Å². The summed E-state index contributed by atoms with van der Waals surface area (Å²) in [5.41, 5.74) is 0. The molecule has 0 unspecified atom stereocenters. The fraction of sp³-hybridized carbons (Fsp3) is 0.900. The van der Waals surface area contributed by atoms with Gasteiger partial charge in [-0.3, -0.25) is 13.9 Å². The summed E-state index contributed by atoms with van der Waals surface area (Å²) in [4.78, 5) is 45.6. The molecule has 0 radical (unpaired) electrons. The summed E-state index contributed by atoms with van der Waals surface area (Å²) in [6.07, 6.45) is 3.90. The number of carbonyl (C=O) groups is 1. The molecule has 5 N–H and O–H groups in total. The highest BCUT2D eigenvalue weighted by Gasteiger charge is 2.14. The van der Waals surface area contributed by atoms with Crippen LogP contribution in [0.25, 0.3) is 0 Å². The van der Waals surface area contributed by atoms with Crippen LogP contribution in [0.5, 0.6) is 0 Å². The minimum absolute atomic E-state index is 0.0855. The lowest BCUT2D eigenvalue weighted by Gasteiger charge is -2.06. The van der Waals surface area contributed by atoms with Crippen molar-refractivity contribution in [3.05, 3.63) is 0 Å². The Morgan fingerprint density at radius 2 is 1.30 bits per heavy atom. The van der Waals surface area contributed by atoms with Crippen molar-refractivity contribution in [3.8, 4) is 0 Å². The summed E-state index contributed by atoms with van der Waals surface area (Å²) >= 11 is 0. The molecular weight excluding hydrogens is 308 g/mol. The van der Waals surface area contributed by atoms with Crippen molar-refractivity contribution in [2.24, 2.45) is 0 Å². The largest absolute Gasteiger partial charge is 0.344 e. The third kappa shape index (κ3) is 15.8.